The number of benzene rings is 2. The van der Waals surface area contributed by atoms with Crippen LogP contribution < -0.4 is 19.7 Å². The Morgan fingerprint density at radius 1 is 1.15 bits per heavy atom. The van der Waals surface area contributed by atoms with Crippen molar-refractivity contribution in [2.45, 2.75) is 12.5 Å². The summed E-state index contributed by atoms with van der Waals surface area (Å²) in [6.07, 6.45) is 0.237. The highest BCUT2D eigenvalue weighted by Gasteiger charge is 2.32. The number of halogens is 1. The molecule has 0 radical (unpaired) electrons. The Bertz CT molecular complexity index is 823. The van der Waals surface area contributed by atoms with Gasteiger partial charge >= 0.3 is 0 Å². The maximum Gasteiger partial charge on any atom is 0.255 e. The van der Waals surface area contributed by atoms with Crippen LogP contribution in [0.4, 0.5) is 5.69 Å². The Labute approximate surface area is 156 Å². The quantitative estimate of drug-likeness (QED) is 0.873. The van der Waals surface area contributed by atoms with Crippen LogP contribution >= 0.6 is 11.6 Å². The number of rotatable bonds is 5. The van der Waals surface area contributed by atoms with Crippen LogP contribution in [0.25, 0.3) is 0 Å². The third-order valence-electron chi connectivity index (χ3n) is 4.25. The molecule has 1 heterocycles. The zero-order valence-electron chi connectivity index (χ0n) is 14.5. The van der Waals surface area contributed by atoms with E-state index in [1.54, 1.807) is 47.4 Å². The molecule has 26 heavy (non-hydrogen) atoms. The first-order valence-corrected chi connectivity index (χ1v) is 8.49. The third kappa shape index (κ3) is 3.60. The lowest BCUT2D eigenvalue weighted by molar-refractivity contribution is -0.117. The summed E-state index contributed by atoms with van der Waals surface area (Å²) in [6, 6.07) is 11.8. The number of methoxy groups -OCH3 is 2. The first-order valence-electron chi connectivity index (χ1n) is 8.11. The average Bonchev–Trinajstić information content (AvgIpc) is 3.01. The highest BCUT2D eigenvalue weighted by molar-refractivity contribution is 6.30. The Morgan fingerprint density at radius 2 is 1.88 bits per heavy atom. The molecule has 0 bridgehead atoms. The molecule has 1 aliphatic heterocycles. The Morgan fingerprint density at radius 3 is 2.54 bits per heavy atom. The van der Waals surface area contributed by atoms with Crippen molar-refractivity contribution in [2.24, 2.45) is 0 Å². The minimum absolute atomic E-state index is 0.0461. The van der Waals surface area contributed by atoms with E-state index in [0.717, 1.165) is 5.69 Å². The molecule has 0 unspecified atom stereocenters. The van der Waals surface area contributed by atoms with Crippen LogP contribution in [0.2, 0.25) is 5.02 Å². The van der Waals surface area contributed by atoms with Gasteiger partial charge in [0, 0.05) is 23.7 Å². The molecule has 1 aliphatic rings. The van der Waals surface area contributed by atoms with E-state index in [1.165, 1.54) is 14.2 Å². The van der Waals surface area contributed by atoms with Crippen LogP contribution in [0.15, 0.2) is 42.5 Å². The van der Waals surface area contributed by atoms with E-state index in [-0.39, 0.29) is 24.3 Å². The summed E-state index contributed by atoms with van der Waals surface area (Å²) in [6.45, 7) is 0.401. The Balaban J connectivity index is 1.73. The first-order chi connectivity index (χ1) is 12.5. The summed E-state index contributed by atoms with van der Waals surface area (Å²) in [4.78, 5) is 26.6. The van der Waals surface area contributed by atoms with Gasteiger partial charge in [-0.15, -0.1) is 0 Å². The SMILES string of the molecule is COc1cccc(C(=O)N[C@@H]2CC(=O)N(c3ccc(Cl)cc3)C2)c1OC. The van der Waals surface area contributed by atoms with Crippen molar-refractivity contribution in [3.8, 4) is 11.5 Å². The van der Waals surface area contributed by atoms with Gasteiger partial charge in [-0.2, -0.15) is 0 Å². The zero-order valence-corrected chi connectivity index (χ0v) is 15.2. The highest BCUT2D eigenvalue weighted by atomic mass is 35.5. The second-order valence-electron chi connectivity index (χ2n) is 5.90. The fraction of sp³-hybridized carbons (Fsp3) is 0.263. The van der Waals surface area contributed by atoms with E-state index < -0.39 is 0 Å². The molecular formula is C19H19ClN2O4. The van der Waals surface area contributed by atoms with Crippen LogP contribution in [0.1, 0.15) is 16.8 Å². The van der Waals surface area contributed by atoms with Gasteiger partial charge in [-0.1, -0.05) is 17.7 Å². The number of anilines is 1. The monoisotopic (exact) mass is 374 g/mol. The standard InChI is InChI=1S/C19H19ClN2O4/c1-25-16-5-3-4-15(18(16)26-2)19(24)21-13-10-17(23)22(11-13)14-8-6-12(20)7-9-14/h3-9,13H,10-11H2,1-2H3,(H,21,24)/t13-/m1/s1. The predicted molar refractivity (Wildman–Crippen MR) is 99.2 cm³/mol. The van der Waals surface area contributed by atoms with E-state index in [0.29, 0.717) is 28.6 Å². The Kier molecular flexibility index (Phi) is 5.32. The molecule has 2 aromatic carbocycles. The molecule has 1 N–H and O–H groups in total. The summed E-state index contributed by atoms with van der Waals surface area (Å²) < 4.78 is 10.5. The topological polar surface area (TPSA) is 67.9 Å². The molecule has 0 aliphatic carbocycles. The van der Waals surface area contributed by atoms with Gasteiger partial charge < -0.3 is 19.7 Å². The van der Waals surface area contributed by atoms with E-state index in [9.17, 15) is 9.59 Å². The number of nitrogens with zero attached hydrogens (tertiary/aromatic N) is 1. The van der Waals surface area contributed by atoms with Gasteiger partial charge in [0.1, 0.15) is 0 Å². The summed E-state index contributed by atoms with van der Waals surface area (Å²) in [5.41, 5.74) is 1.12. The lowest BCUT2D eigenvalue weighted by atomic mass is 10.1. The molecule has 1 saturated heterocycles. The molecule has 6 nitrogen and oxygen atoms in total. The van der Waals surface area contributed by atoms with Crippen molar-refractivity contribution in [3.63, 3.8) is 0 Å². The van der Waals surface area contributed by atoms with Crippen LogP contribution in [0.5, 0.6) is 11.5 Å². The van der Waals surface area contributed by atoms with Crippen LogP contribution in [-0.2, 0) is 4.79 Å². The van der Waals surface area contributed by atoms with Crippen molar-refractivity contribution in [2.75, 3.05) is 25.7 Å². The van der Waals surface area contributed by atoms with Crippen LogP contribution in [0.3, 0.4) is 0 Å². The van der Waals surface area contributed by atoms with Crippen molar-refractivity contribution in [1.29, 1.82) is 0 Å². The molecule has 1 fully saturated rings. The number of nitrogens with one attached hydrogen (secondary N) is 1. The minimum Gasteiger partial charge on any atom is -0.493 e. The van der Waals surface area contributed by atoms with Gasteiger partial charge in [0.05, 0.1) is 25.8 Å². The van der Waals surface area contributed by atoms with Crippen molar-refractivity contribution in [1.82, 2.24) is 5.32 Å². The molecule has 7 heteroatoms. The van der Waals surface area contributed by atoms with Crippen molar-refractivity contribution in [3.05, 3.63) is 53.1 Å². The molecule has 0 saturated carbocycles. The van der Waals surface area contributed by atoms with Crippen LogP contribution in [-0.4, -0.2) is 38.6 Å². The fourth-order valence-electron chi connectivity index (χ4n) is 3.00. The van der Waals surface area contributed by atoms with Crippen molar-refractivity contribution < 1.29 is 19.1 Å². The first kappa shape index (κ1) is 18.1. The summed E-state index contributed by atoms with van der Waals surface area (Å²) in [5, 5.41) is 3.51. The minimum atomic E-state index is -0.309. The number of ether oxygens (including phenoxy) is 2. The summed E-state index contributed by atoms with van der Waals surface area (Å²) >= 11 is 5.89. The number of amides is 2. The number of carbonyl (C=O) groups excluding carboxylic acids is 2. The van der Waals surface area contributed by atoms with Gasteiger partial charge in [-0.3, -0.25) is 9.59 Å². The fourth-order valence-corrected chi connectivity index (χ4v) is 3.13. The van der Waals surface area contributed by atoms with Gasteiger partial charge in [0.2, 0.25) is 5.91 Å². The maximum atomic E-state index is 12.6. The van der Waals surface area contributed by atoms with Crippen molar-refractivity contribution >= 4 is 29.1 Å². The van der Waals surface area contributed by atoms with Gasteiger partial charge in [-0.25, -0.2) is 0 Å². The molecule has 2 amide bonds. The summed E-state index contributed by atoms with van der Waals surface area (Å²) in [7, 11) is 3.00. The number of para-hydroxylation sites is 1. The predicted octanol–water partition coefficient (Wildman–Crippen LogP) is 2.89. The number of hydrogen-bond donors (Lipinski definition) is 1. The highest BCUT2D eigenvalue weighted by Crippen LogP contribution is 2.31. The molecule has 136 valence electrons. The molecule has 1 atom stereocenters. The number of hydrogen-bond acceptors (Lipinski definition) is 4. The largest absolute Gasteiger partial charge is 0.493 e. The lowest BCUT2D eigenvalue weighted by Crippen LogP contribution is -2.37. The smallest absolute Gasteiger partial charge is 0.255 e. The van der Waals surface area contributed by atoms with E-state index >= 15 is 0 Å². The molecule has 2 aromatic rings. The lowest BCUT2D eigenvalue weighted by Gasteiger charge is -2.18. The van der Waals surface area contributed by atoms with Crippen LogP contribution in [0, 0.1) is 0 Å². The third-order valence-corrected chi connectivity index (χ3v) is 4.50. The second kappa shape index (κ2) is 7.66. The molecule has 0 aromatic heterocycles. The number of carbonyl (C=O) groups is 2. The molecule has 3 rings (SSSR count). The summed E-state index contributed by atoms with van der Waals surface area (Å²) in [5.74, 6) is 0.489. The normalized spacial score (nSPS) is 16.5. The van der Waals surface area contributed by atoms with Gasteiger partial charge in [-0.05, 0) is 36.4 Å². The zero-order chi connectivity index (χ0) is 18.7. The van der Waals surface area contributed by atoms with E-state index in [1.807, 2.05) is 0 Å². The van der Waals surface area contributed by atoms with E-state index in [2.05, 4.69) is 5.32 Å². The molecular weight excluding hydrogens is 356 g/mol. The average molecular weight is 375 g/mol. The maximum absolute atomic E-state index is 12.6. The Hall–Kier alpha value is -2.73. The van der Waals surface area contributed by atoms with Gasteiger partial charge in [0.25, 0.3) is 5.91 Å². The molecule has 0 spiro atoms. The second-order valence-corrected chi connectivity index (χ2v) is 6.33. The van der Waals surface area contributed by atoms with Gasteiger partial charge in [0.15, 0.2) is 11.5 Å². The van der Waals surface area contributed by atoms with E-state index in [4.69, 9.17) is 21.1 Å².